The van der Waals surface area contributed by atoms with Gasteiger partial charge in [0.25, 0.3) is 5.91 Å². The molecule has 0 aliphatic carbocycles. The number of aromatic nitrogens is 3. The van der Waals surface area contributed by atoms with Gasteiger partial charge in [0.2, 0.25) is 5.82 Å². The molecule has 42 heavy (non-hydrogen) atoms. The third-order valence-electron chi connectivity index (χ3n) is 6.31. The van der Waals surface area contributed by atoms with Crippen LogP contribution in [0.25, 0.3) is 0 Å². The van der Waals surface area contributed by atoms with Gasteiger partial charge in [-0.1, -0.05) is 13.8 Å². The number of nitrogens with one attached hydrogen (secondary N) is 2. The van der Waals surface area contributed by atoms with Gasteiger partial charge in [-0.25, -0.2) is 19.7 Å². The Labute approximate surface area is 242 Å². The minimum atomic E-state index is -3.67. The van der Waals surface area contributed by atoms with Gasteiger partial charge in [-0.3, -0.25) is 15.0 Å². The van der Waals surface area contributed by atoms with Gasteiger partial charge in [0.1, 0.15) is 24.3 Å². The summed E-state index contributed by atoms with van der Waals surface area (Å²) in [7, 11) is 0. The van der Waals surface area contributed by atoms with Crippen molar-refractivity contribution in [2.24, 2.45) is 0 Å². The Kier molecular flexibility index (Phi) is 11.7. The highest BCUT2D eigenvalue weighted by Gasteiger charge is 2.39. The predicted octanol–water partition coefficient (Wildman–Crippen LogP) is 4.38. The zero-order chi connectivity index (χ0) is 30.9. The third kappa shape index (κ3) is 8.64. The SMILES string of the molecule is CC.CCNC(=O)c1ncc2c(n1)N(C(=O)Nc1ccc(OCC3COC(C)(C)O3)cn1)C1CCCN2C1.FC(F)F. The number of hydrogen-bond acceptors (Lipinski definition) is 9. The van der Waals surface area contributed by atoms with Gasteiger partial charge in [0, 0.05) is 19.6 Å². The number of anilines is 3. The quantitative estimate of drug-likeness (QED) is 0.498. The van der Waals surface area contributed by atoms with Crippen LogP contribution in [-0.4, -0.2) is 84.4 Å². The molecule has 2 N–H and O–H groups in total. The fourth-order valence-electron chi connectivity index (χ4n) is 4.68. The number of urea groups is 1. The van der Waals surface area contributed by atoms with Crippen molar-refractivity contribution >= 4 is 29.3 Å². The second kappa shape index (κ2) is 15.0. The molecular weight excluding hydrogens is 559 g/mol. The molecule has 0 radical (unpaired) electrons. The number of carbonyl (C=O) groups excluding carboxylic acids is 2. The Balaban J connectivity index is 0.000000745. The molecule has 5 rings (SSSR count). The second-order valence-electron chi connectivity index (χ2n) is 9.69. The van der Waals surface area contributed by atoms with E-state index in [0.29, 0.717) is 43.7 Å². The van der Waals surface area contributed by atoms with Crippen molar-refractivity contribution in [3.8, 4) is 5.75 Å². The minimum Gasteiger partial charge on any atom is -0.489 e. The molecular formula is C27H38F3N7O5. The zero-order valence-corrected chi connectivity index (χ0v) is 24.4. The summed E-state index contributed by atoms with van der Waals surface area (Å²) in [6, 6.07) is 3.00. The Hall–Kier alpha value is -3.72. The van der Waals surface area contributed by atoms with Gasteiger partial charge in [-0.2, -0.15) is 13.2 Å². The lowest BCUT2D eigenvalue weighted by atomic mass is 10.0. The van der Waals surface area contributed by atoms with Crippen LogP contribution in [-0.2, 0) is 9.47 Å². The lowest BCUT2D eigenvalue weighted by Crippen LogP contribution is -2.56. The first kappa shape index (κ1) is 32.8. The lowest BCUT2D eigenvalue weighted by Gasteiger charge is -2.45. The molecule has 2 saturated heterocycles. The van der Waals surface area contributed by atoms with E-state index in [9.17, 15) is 22.8 Å². The van der Waals surface area contributed by atoms with Crippen LogP contribution in [0.2, 0.25) is 0 Å². The molecule has 5 heterocycles. The van der Waals surface area contributed by atoms with E-state index in [-0.39, 0.29) is 29.9 Å². The molecule has 3 amide bonds. The molecule has 2 aromatic rings. The maximum absolute atomic E-state index is 13.4. The molecule has 15 heteroatoms. The normalized spacial score (nSPS) is 19.9. The number of nitrogens with zero attached hydrogens (tertiary/aromatic N) is 5. The fourth-order valence-corrected chi connectivity index (χ4v) is 4.68. The largest absolute Gasteiger partial charge is 0.489 e. The molecule has 0 saturated carbocycles. The Morgan fingerprint density at radius 2 is 1.93 bits per heavy atom. The molecule has 0 aromatic carbocycles. The smallest absolute Gasteiger partial charge is 0.379 e. The number of carbonyl (C=O) groups is 2. The van der Waals surface area contributed by atoms with Crippen molar-refractivity contribution in [1.29, 1.82) is 0 Å². The van der Waals surface area contributed by atoms with Crippen molar-refractivity contribution in [3.05, 3.63) is 30.4 Å². The van der Waals surface area contributed by atoms with Gasteiger partial charge < -0.3 is 24.4 Å². The van der Waals surface area contributed by atoms with Crippen LogP contribution in [0.1, 0.15) is 58.1 Å². The number of fused-ring (bicyclic) bond motifs is 4. The summed E-state index contributed by atoms with van der Waals surface area (Å²) in [5.41, 5.74) is 0.743. The van der Waals surface area contributed by atoms with E-state index < -0.39 is 12.5 Å². The topological polar surface area (TPSA) is 131 Å². The zero-order valence-electron chi connectivity index (χ0n) is 24.4. The van der Waals surface area contributed by atoms with E-state index in [1.54, 1.807) is 29.4 Å². The number of hydrogen-bond donors (Lipinski definition) is 2. The molecule has 232 valence electrons. The van der Waals surface area contributed by atoms with Gasteiger partial charge in [0.15, 0.2) is 11.6 Å². The average molecular weight is 598 g/mol. The fraction of sp³-hybridized carbons (Fsp3) is 0.593. The Bertz CT molecular complexity index is 1190. The minimum absolute atomic E-state index is 0.0363. The first-order valence-corrected chi connectivity index (χ1v) is 13.9. The number of pyridine rings is 1. The van der Waals surface area contributed by atoms with Crippen LogP contribution >= 0.6 is 0 Å². The van der Waals surface area contributed by atoms with Crippen LogP contribution < -0.4 is 25.2 Å². The number of halogens is 3. The number of rotatable bonds is 6. The van der Waals surface area contributed by atoms with Gasteiger partial charge in [-0.15, -0.1) is 0 Å². The summed E-state index contributed by atoms with van der Waals surface area (Å²) in [5, 5.41) is 5.57. The molecule has 2 bridgehead atoms. The Morgan fingerprint density at radius 1 is 1.19 bits per heavy atom. The van der Waals surface area contributed by atoms with Crippen LogP contribution in [0, 0.1) is 0 Å². The van der Waals surface area contributed by atoms with E-state index in [2.05, 4.69) is 30.5 Å². The monoisotopic (exact) mass is 597 g/mol. The van der Waals surface area contributed by atoms with Gasteiger partial charge in [-0.05, 0) is 45.7 Å². The van der Waals surface area contributed by atoms with E-state index in [0.717, 1.165) is 25.1 Å². The van der Waals surface area contributed by atoms with Crippen LogP contribution in [0.4, 0.5) is 35.3 Å². The van der Waals surface area contributed by atoms with Crippen molar-refractivity contribution in [2.75, 3.05) is 48.0 Å². The van der Waals surface area contributed by atoms with Gasteiger partial charge in [0.05, 0.1) is 30.7 Å². The average Bonchev–Trinajstić information content (AvgIpc) is 3.32. The summed E-state index contributed by atoms with van der Waals surface area (Å²) in [5.74, 6) is 0.435. The Morgan fingerprint density at radius 3 is 2.55 bits per heavy atom. The van der Waals surface area contributed by atoms with Crippen LogP contribution in [0.3, 0.4) is 0 Å². The third-order valence-corrected chi connectivity index (χ3v) is 6.31. The molecule has 2 atom stereocenters. The maximum atomic E-state index is 13.4. The summed E-state index contributed by atoms with van der Waals surface area (Å²) in [6.45, 7) is 8.71. The molecule has 3 aliphatic rings. The van der Waals surface area contributed by atoms with E-state index in [1.165, 1.54) is 0 Å². The van der Waals surface area contributed by atoms with E-state index in [4.69, 9.17) is 14.2 Å². The van der Waals surface area contributed by atoms with E-state index >= 15 is 0 Å². The number of amides is 3. The highest BCUT2D eigenvalue weighted by atomic mass is 19.4. The summed E-state index contributed by atoms with van der Waals surface area (Å²) in [6.07, 6.45) is 4.81. The van der Waals surface area contributed by atoms with Crippen molar-refractivity contribution in [2.45, 2.75) is 72.1 Å². The highest BCUT2D eigenvalue weighted by Crippen LogP contribution is 2.37. The molecule has 12 nitrogen and oxygen atoms in total. The van der Waals surface area contributed by atoms with Crippen LogP contribution in [0.15, 0.2) is 24.5 Å². The van der Waals surface area contributed by atoms with Crippen molar-refractivity contribution in [3.63, 3.8) is 0 Å². The number of alkyl halides is 3. The maximum Gasteiger partial charge on any atom is 0.379 e. The number of ether oxygens (including phenoxy) is 3. The van der Waals surface area contributed by atoms with E-state index in [1.807, 2.05) is 34.6 Å². The molecule has 2 fully saturated rings. The first-order valence-electron chi connectivity index (χ1n) is 13.9. The predicted molar refractivity (Wildman–Crippen MR) is 150 cm³/mol. The van der Waals surface area contributed by atoms with Gasteiger partial charge >= 0.3 is 12.7 Å². The molecule has 0 spiro atoms. The summed E-state index contributed by atoms with van der Waals surface area (Å²) < 4.78 is 46.1. The highest BCUT2D eigenvalue weighted by molar-refractivity contribution is 6.04. The molecule has 2 unspecified atom stereocenters. The van der Waals surface area contributed by atoms with Crippen LogP contribution in [0.5, 0.6) is 5.75 Å². The standard InChI is InChI=1S/C24H31N7O5.C2H6.CHF3/c1-4-25-22(32)20-27-11-18-21(29-20)31(15-6-5-9-30(18)12-15)23(33)28-19-8-7-16(10-26-19)34-13-17-14-35-24(2,3)36-17;1-2;2-1(3)4/h7-8,10-11,15,17H,4-6,9,12-14H2,1-3H3,(H,25,32)(H,26,28,33);1-2H3;1H. The number of piperidine rings is 1. The first-order chi connectivity index (χ1) is 20.1. The lowest BCUT2D eigenvalue weighted by molar-refractivity contribution is -0.141. The molecule has 2 aromatic heterocycles. The second-order valence-corrected chi connectivity index (χ2v) is 9.69. The summed E-state index contributed by atoms with van der Waals surface area (Å²) in [4.78, 5) is 42.6. The molecule has 3 aliphatic heterocycles. The van der Waals surface area contributed by atoms with Crippen molar-refractivity contribution in [1.82, 2.24) is 20.3 Å². The van der Waals surface area contributed by atoms with Crippen molar-refractivity contribution < 1.29 is 37.0 Å². The summed E-state index contributed by atoms with van der Waals surface area (Å²) >= 11 is 0.